The minimum atomic E-state index is -1.26. The van der Waals surface area contributed by atoms with Crippen LogP contribution in [0.2, 0.25) is 0 Å². The summed E-state index contributed by atoms with van der Waals surface area (Å²) in [5.41, 5.74) is 0. The second-order valence-electron chi connectivity index (χ2n) is 3.50. The molecule has 0 bridgehead atoms. The van der Waals surface area contributed by atoms with Gasteiger partial charge in [0, 0.05) is 23.7 Å². The van der Waals surface area contributed by atoms with Crippen molar-refractivity contribution in [2.45, 2.75) is 12.1 Å². The van der Waals surface area contributed by atoms with Crippen LogP contribution in [0.4, 0.5) is 0 Å². The van der Waals surface area contributed by atoms with Gasteiger partial charge in [-0.05, 0) is 0 Å². The third kappa shape index (κ3) is 7.04. The Morgan fingerprint density at radius 1 is 0.850 bits per heavy atom. The van der Waals surface area contributed by atoms with Gasteiger partial charge in [0.15, 0.2) is 0 Å². The van der Waals surface area contributed by atoms with Gasteiger partial charge in [-0.15, -0.1) is 0 Å². The van der Waals surface area contributed by atoms with E-state index in [9.17, 15) is 19.2 Å². The van der Waals surface area contributed by atoms with Gasteiger partial charge in [0.25, 0.3) is 0 Å². The van der Waals surface area contributed by atoms with Crippen molar-refractivity contribution in [2.75, 3.05) is 11.5 Å². The van der Waals surface area contributed by atoms with Crippen LogP contribution < -0.4 is 10.6 Å². The van der Waals surface area contributed by atoms with E-state index >= 15 is 0 Å². The van der Waals surface area contributed by atoms with E-state index < -0.39 is 35.8 Å². The van der Waals surface area contributed by atoms with Gasteiger partial charge in [-0.2, -0.15) is 25.3 Å². The summed E-state index contributed by atoms with van der Waals surface area (Å²) in [5, 5.41) is 21.5. The molecule has 112 valence electrons. The zero-order valence-electron chi connectivity index (χ0n) is 10.1. The van der Waals surface area contributed by atoms with Crippen molar-refractivity contribution in [3.63, 3.8) is 0 Å². The molecular formula is C10H14N2O6S2. The lowest BCUT2D eigenvalue weighted by atomic mass is 10.3. The molecule has 0 aromatic carbocycles. The molecule has 0 unspecified atom stereocenters. The summed E-state index contributed by atoms with van der Waals surface area (Å²) < 4.78 is 0. The van der Waals surface area contributed by atoms with Gasteiger partial charge in [-0.25, -0.2) is 9.59 Å². The van der Waals surface area contributed by atoms with Crippen LogP contribution in [0.25, 0.3) is 0 Å². The van der Waals surface area contributed by atoms with Crippen LogP contribution in [-0.4, -0.2) is 57.6 Å². The average molecular weight is 322 g/mol. The van der Waals surface area contributed by atoms with E-state index in [1.165, 1.54) is 0 Å². The first-order chi connectivity index (χ1) is 9.31. The zero-order valence-corrected chi connectivity index (χ0v) is 11.9. The molecule has 0 fully saturated rings. The van der Waals surface area contributed by atoms with Gasteiger partial charge in [-0.1, -0.05) is 0 Å². The molecule has 10 heteroatoms. The molecule has 2 amide bonds. The number of nitrogens with one attached hydrogen (secondary N) is 2. The molecule has 0 heterocycles. The van der Waals surface area contributed by atoms with E-state index in [0.717, 1.165) is 12.2 Å². The van der Waals surface area contributed by atoms with Gasteiger partial charge in [0.2, 0.25) is 11.8 Å². The van der Waals surface area contributed by atoms with Crippen LogP contribution in [0.5, 0.6) is 0 Å². The Morgan fingerprint density at radius 2 is 1.15 bits per heavy atom. The standard InChI is InChI=1S/C10H14N2O6S2/c13-7(11-5(3-19)9(15)16)1-2-8(14)12-6(4-20)10(17)18/h1-2,5-6,19-20H,3-4H2,(H,11,13)(H,12,14)(H,15,16)(H,17,18)/b2-1+/t5-,6-/m0/s1. The van der Waals surface area contributed by atoms with E-state index in [0.29, 0.717) is 0 Å². The largest absolute Gasteiger partial charge is 0.480 e. The van der Waals surface area contributed by atoms with Gasteiger partial charge in [0.05, 0.1) is 0 Å². The van der Waals surface area contributed by atoms with Gasteiger partial charge in [0.1, 0.15) is 12.1 Å². The number of carbonyl (C=O) groups excluding carboxylic acids is 2. The van der Waals surface area contributed by atoms with E-state index in [-0.39, 0.29) is 11.5 Å². The third-order valence-corrected chi connectivity index (χ3v) is 2.71. The fourth-order valence-corrected chi connectivity index (χ4v) is 1.46. The Bertz CT molecular complexity index is 388. The maximum absolute atomic E-state index is 11.3. The Morgan fingerprint density at radius 3 is 1.35 bits per heavy atom. The van der Waals surface area contributed by atoms with Gasteiger partial charge in [-0.3, -0.25) is 9.59 Å². The number of aliphatic carboxylic acids is 2. The van der Waals surface area contributed by atoms with Crippen molar-refractivity contribution >= 4 is 49.0 Å². The van der Waals surface area contributed by atoms with Gasteiger partial charge < -0.3 is 20.8 Å². The molecule has 0 aliphatic rings. The summed E-state index contributed by atoms with van der Waals surface area (Å²) in [6, 6.07) is -2.36. The summed E-state index contributed by atoms with van der Waals surface area (Å²) >= 11 is 7.49. The van der Waals surface area contributed by atoms with Crippen LogP contribution in [-0.2, 0) is 19.2 Å². The number of thiol groups is 2. The van der Waals surface area contributed by atoms with Crippen molar-refractivity contribution in [1.29, 1.82) is 0 Å². The molecule has 0 saturated carbocycles. The molecule has 0 spiro atoms. The molecule has 0 aliphatic carbocycles. The number of carboxylic acids is 2. The molecule has 8 nitrogen and oxygen atoms in total. The normalized spacial score (nSPS) is 13.5. The highest BCUT2D eigenvalue weighted by atomic mass is 32.1. The Kier molecular flexibility index (Phi) is 8.48. The molecule has 0 rings (SSSR count). The summed E-state index contributed by atoms with van der Waals surface area (Å²) in [7, 11) is 0. The second-order valence-corrected chi connectivity index (χ2v) is 4.23. The predicted molar refractivity (Wildman–Crippen MR) is 76.0 cm³/mol. The highest BCUT2D eigenvalue weighted by molar-refractivity contribution is 7.80. The molecule has 2 atom stereocenters. The van der Waals surface area contributed by atoms with E-state index in [1.54, 1.807) is 0 Å². The maximum atomic E-state index is 11.3. The van der Waals surface area contributed by atoms with Crippen LogP contribution in [0.3, 0.4) is 0 Å². The number of rotatable bonds is 8. The first-order valence-corrected chi connectivity index (χ1v) is 6.54. The van der Waals surface area contributed by atoms with E-state index in [2.05, 4.69) is 35.9 Å². The minimum Gasteiger partial charge on any atom is -0.480 e. The lowest BCUT2D eigenvalue weighted by Gasteiger charge is -2.10. The highest BCUT2D eigenvalue weighted by Crippen LogP contribution is 1.91. The fourth-order valence-electron chi connectivity index (χ4n) is 0.962. The number of hydrogen-bond donors (Lipinski definition) is 6. The quantitative estimate of drug-likeness (QED) is 0.239. The number of hydrogen-bond acceptors (Lipinski definition) is 6. The Hall–Kier alpha value is -1.68. The summed E-state index contributed by atoms with van der Waals surface area (Å²) in [5.74, 6) is -4.35. The number of carbonyl (C=O) groups is 4. The van der Waals surface area contributed by atoms with E-state index in [1.807, 2.05) is 0 Å². The van der Waals surface area contributed by atoms with Crippen molar-refractivity contribution < 1.29 is 29.4 Å². The first-order valence-electron chi connectivity index (χ1n) is 5.28. The molecule has 0 aliphatic heterocycles. The van der Waals surface area contributed by atoms with Crippen LogP contribution >= 0.6 is 25.3 Å². The molecule has 20 heavy (non-hydrogen) atoms. The number of amides is 2. The topological polar surface area (TPSA) is 133 Å². The maximum Gasteiger partial charge on any atom is 0.327 e. The molecule has 0 radical (unpaired) electrons. The predicted octanol–water partition coefficient (Wildman–Crippen LogP) is -1.46. The Labute approximate surface area is 125 Å². The first kappa shape index (κ1) is 18.3. The molecule has 4 N–H and O–H groups in total. The summed E-state index contributed by atoms with van der Waals surface area (Å²) in [4.78, 5) is 43.9. The van der Waals surface area contributed by atoms with Crippen LogP contribution in [0.1, 0.15) is 0 Å². The fraction of sp³-hybridized carbons (Fsp3) is 0.400. The molecule has 0 saturated heterocycles. The monoisotopic (exact) mass is 322 g/mol. The minimum absolute atomic E-state index is 0.109. The third-order valence-electron chi connectivity index (χ3n) is 1.98. The SMILES string of the molecule is O=C(/C=C/C(=O)N[C@@H](CS)C(=O)O)N[C@@H](CS)C(=O)O. The molecule has 0 aromatic heterocycles. The highest BCUT2D eigenvalue weighted by Gasteiger charge is 2.18. The lowest BCUT2D eigenvalue weighted by Crippen LogP contribution is -2.42. The molecular weight excluding hydrogens is 308 g/mol. The summed E-state index contributed by atoms with van der Waals surface area (Å²) in [6.07, 6.45) is 1.60. The smallest absolute Gasteiger partial charge is 0.327 e. The van der Waals surface area contributed by atoms with Crippen molar-refractivity contribution in [1.82, 2.24) is 10.6 Å². The lowest BCUT2D eigenvalue weighted by molar-refractivity contribution is -0.141. The second kappa shape index (κ2) is 9.26. The average Bonchev–Trinajstić information content (AvgIpc) is 2.38. The summed E-state index contributed by atoms with van der Waals surface area (Å²) in [6.45, 7) is 0. The van der Waals surface area contributed by atoms with Crippen LogP contribution in [0, 0.1) is 0 Å². The number of carboxylic acid groups (broad SMARTS) is 2. The van der Waals surface area contributed by atoms with Gasteiger partial charge >= 0.3 is 11.9 Å². The van der Waals surface area contributed by atoms with Crippen molar-refractivity contribution in [3.8, 4) is 0 Å². The zero-order chi connectivity index (χ0) is 15.7. The van der Waals surface area contributed by atoms with E-state index in [4.69, 9.17) is 10.2 Å². The van der Waals surface area contributed by atoms with Crippen LogP contribution in [0.15, 0.2) is 12.2 Å². The van der Waals surface area contributed by atoms with Crippen molar-refractivity contribution in [2.24, 2.45) is 0 Å². The van der Waals surface area contributed by atoms with Crippen molar-refractivity contribution in [3.05, 3.63) is 12.2 Å². The molecule has 0 aromatic rings. The Balaban J connectivity index is 4.41.